The molecule has 66 valence electrons. The van der Waals surface area contributed by atoms with Gasteiger partial charge in [0.05, 0.1) is 18.9 Å². The average molecular weight is 206 g/mol. The fraction of sp³-hybridized carbons (Fsp3) is 0.429. The maximum absolute atomic E-state index is 5.69. The highest BCUT2D eigenvalue weighted by Gasteiger charge is 2.23. The first-order valence-electron chi connectivity index (χ1n) is 3.51. The SMILES string of the molecule is CC1CN=C2C=C(Cl)N=CN21.Cl. The van der Waals surface area contributed by atoms with E-state index in [0.717, 1.165) is 12.4 Å². The quantitative estimate of drug-likeness (QED) is 0.553. The Hall–Kier alpha value is -0.540. The molecule has 5 heteroatoms. The second-order valence-corrected chi connectivity index (χ2v) is 3.05. The zero-order chi connectivity index (χ0) is 7.84. The van der Waals surface area contributed by atoms with E-state index in [1.165, 1.54) is 0 Å². The van der Waals surface area contributed by atoms with Crippen LogP contribution < -0.4 is 0 Å². The third-order valence-electron chi connectivity index (χ3n) is 1.81. The van der Waals surface area contributed by atoms with Gasteiger partial charge in [-0.05, 0) is 6.92 Å². The molecule has 0 fully saturated rings. The van der Waals surface area contributed by atoms with Crippen molar-refractivity contribution in [2.24, 2.45) is 9.98 Å². The van der Waals surface area contributed by atoms with Crippen LogP contribution in [0.1, 0.15) is 6.92 Å². The summed E-state index contributed by atoms with van der Waals surface area (Å²) in [6.07, 6.45) is 3.52. The van der Waals surface area contributed by atoms with Gasteiger partial charge < -0.3 is 4.90 Å². The van der Waals surface area contributed by atoms with Crippen molar-refractivity contribution in [3.8, 4) is 0 Å². The third-order valence-corrected chi connectivity index (χ3v) is 2.02. The summed E-state index contributed by atoms with van der Waals surface area (Å²) in [7, 11) is 0. The lowest BCUT2D eigenvalue weighted by Crippen LogP contribution is -2.33. The first kappa shape index (κ1) is 9.55. The number of nitrogens with zero attached hydrogens (tertiary/aromatic N) is 3. The van der Waals surface area contributed by atoms with Crippen molar-refractivity contribution < 1.29 is 0 Å². The van der Waals surface area contributed by atoms with Crippen LogP contribution in [-0.4, -0.2) is 29.7 Å². The zero-order valence-electron chi connectivity index (χ0n) is 6.57. The van der Waals surface area contributed by atoms with E-state index in [2.05, 4.69) is 16.9 Å². The van der Waals surface area contributed by atoms with E-state index in [1.54, 1.807) is 12.4 Å². The Morgan fingerprint density at radius 3 is 3.17 bits per heavy atom. The highest BCUT2D eigenvalue weighted by molar-refractivity contribution is 6.32. The minimum Gasteiger partial charge on any atom is -0.313 e. The van der Waals surface area contributed by atoms with Gasteiger partial charge in [0.2, 0.25) is 0 Å². The Bertz CT molecular complexity index is 270. The number of hydrogen-bond donors (Lipinski definition) is 0. The maximum atomic E-state index is 5.69. The molecule has 0 saturated heterocycles. The summed E-state index contributed by atoms with van der Waals surface area (Å²) in [6, 6.07) is 0.426. The standard InChI is InChI=1S/C7H8ClN3.ClH/c1-5-3-9-7-2-6(8)10-4-11(5)7;/h2,4-5H,3H2,1H3;1H. The van der Waals surface area contributed by atoms with E-state index in [0.29, 0.717) is 11.2 Å². The second-order valence-electron chi connectivity index (χ2n) is 2.67. The van der Waals surface area contributed by atoms with E-state index in [4.69, 9.17) is 11.6 Å². The molecule has 12 heavy (non-hydrogen) atoms. The highest BCUT2D eigenvalue weighted by atomic mass is 35.5. The summed E-state index contributed by atoms with van der Waals surface area (Å²) in [5, 5.41) is 0.508. The molecule has 1 atom stereocenters. The zero-order valence-corrected chi connectivity index (χ0v) is 8.14. The number of fused-ring (bicyclic) bond motifs is 1. The molecular formula is C7H9Cl2N3. The molecule has 2 rings (SSSR count). The van der Waals surface area contributed by atoms with Gasteiger partial charge in [0, 0.05) is 6.08 Å². The van der Waals surface area contributed by atoms with E-state index in [9.17, 15) is 0 Å². The minimum absolute atomic E-state index is 0. The van der Waals surface area contributed by atoms with Crippen molar-refractivity contribution in [3.05, 3.63) is 11.2 Å². The molecule has 0 bridgehead atoms. The van der Waals surface area contributed by atoms with Crippen LogP contribution in [0.4, 0.5) is 0 Å². The van der Waals surface area contributed by atoms with Gasteiger partial charge in [-0.15, -0.1) is 12.4 Å². The molecule has 0 spiro atoms. The van der Waals surface area contributed by atoms with Crippen LogP contribution in [0.25, 0.3) is 0 Å². The largest absolute Gasteiger partial charge is 0.313 e. The van der Waals surface area contributed by atoms with Gasteiger partial charge in [-0.25, -0.2) is 4.99 Å². The highest BCUT2D eigenvalue weighted by Crippen LogP contribution is 2.16. The van der Waals surface area contributed by atoms with Gasteiger partial charge in [-0.2, -0.15) is 0 Å². The number of rotatable bonds is 0. The van der Waals surface area contributed by atoms with E-state index in [-0.39, 0.29) is 12.4 Å². The first-order chi connectivity index (χ1) is 5.27. The fourth-order valence-corrected chi connectivity index (χ4v) is 1.32. The number of hydrogen-bond acceptors (Lipinski definition) is 3. The first-order valence-corrected chi connectivity index (χ1v) is 3.89. The van der Waals surface area contributed by atoms with Gasteiger partial charge in [0.15, 0.2) is 0 Å². The summed E-state index contributed by atoms with van der Waals surface area (Å²) in [4.78, 5) is 10.3. The molecule has 2 aliphatic rings. The average Bonchev–Trinajstić information content (AvgIpc) is 2.32. The molecular weight excluding hydrogens is 197 g/mol. The lowest BCUT2D eigenvalue weighted by atomic mass is 10.3. The van der Waals surface area contributed by atoms with Crippen molar-refractivity contribution in [1.82, 2.24) is 4.90 Å². The molecule has 3 nitrogen and oxygen atoms in total. The molecule has 0 aromatic carbocycles. The topological polar surface area (TPSA) is 28.0 Å². The molecule has 0 aromatic rings. The van der Waals surface area contributed by atoms with Crippen molar-refractivity contribution in [2.45, 2.75) is 13.0 Å². The Morgan fingerprint density at radius 1 is 1.67 bits per heavy atom. The second kappa shape index (κ2) is 3.46. The van der Waals surface area contributed by atoms with E-state index >= 15 is 0 Å². The third kappa shape index (κ3) is 1.47. The molecule has 0 radical (unpaired) electrons. The molecule has 0 N–H and O–H groups in total. The minimum atomic E-state index is 0. The summed E-state index contributed by atoms with van der Waals surface area (Å²) in [5.74, 6) is 0.928. The molecule has 2 aliphatic heterocycles. The summed E-state index contributed by atoms with van der Waals surface area (Å²) < 4.78 is 0. The summed E-state index contributed by atoms with van der Waals surface area (Å²) in [6.45, 7) is 2.94. The van der Waals surface area contributed by atoms with Gasteiger partial charge in [-0.1, -0.05) is 11.6 Å². The maximum Gasteiger partial charge on any atom is 0.134 e. The Labute approximate surface area is 82.2 Å². The van der Waals surface area contributed by atoms with Gasteiger partial charge in [0.1, 0.15) is 11.0 Å². The van der Waals surface area contributed by atoms with Gasteiger partial charge in [-0.3, -0.25) is 4.99 Å². The molecule has 0 aromatic heterocycles. The lowest BCUT2D eigenvalue weighted by molar-refractivity contribution is 0.525. The van der Waals surface area contributed by atoms with Crippen molar-refractivity contribution >= 4 is 36.2 Å². The van der Waals surface area contributed by atoms with Crippen LogP contribution >= 0.6 is 24.0 Å². The lowest BCUT2D eigenvalue weighted by Gasteiger charge is -2.20. The van der Waals surface area contributed by atoms with Crippen LogP contribution in [-0.2, 0) is 0 Å². The molecule has 0 amide bonds. The van der Waals surface area contributed by atoms with Gasteiger partial charge in [0.25, 0.3) is 0 Å². The van der Waals surface area contributed by atoms with E-state index in [1.807, 2.05) is 4.90 Å². The predicted molar refractivity (Wildman–Crippen MR) is 53.3 cm³/mol. The van der Waals surface area contributed by atoms with Crippen molar-refractivity contribution in [2.75, 3.05) is 6.54 Å². The number of aliphatic imine (C=N–C) groups is 2. The Morgan fingerprint density at radius 2 is 2.42 bits per heavy atom. The predicted octanol–water partition coefficient (Wildman–Crippen LogP) is 1.63. The van der Waals surface area contributed by atoms with Crippen molar-refractivity contribution in [1.29, 1.82) is 0 Å². The number of halogens is 2. The fourth-order valence-electron chi connectivity index (χ4n) is 1.18. The van der Waals surface area contributed by atoms with E-state index < -0.39 is 0 Å². The van der Waals surface area contributed by atoms with Crippen molar-refractivity contribution in [3.63, 3.8) is 0 Å². The smallest absolute Gasteiger partial charge is 0.134 e. The monoisotopic (exact) mass is 205 g/mol. The molecule has 0 aliphatic carbocycles. The summed E-state index contributed by atoms with van der Waals surface area (Å²) >= 11 is 5.69. The Kier molecular flexibility index (Phi) is 2.75. The van der Waals surface area contributed by atoms with Crippen LogP contribution in [0.5, 0.6) is 0 Å². The van der Waals surface area contributed by atoms with Crippen LogP contribution in [0.3, 0.4) is 0 Å². The molecule has 1 unspecified atom stereocenters. The molecule has 0 saturated carbocycles. The van der Waals surface area contributed by atoms with Crippen LogP contribution in [0.15, 0.2) is 21.2 Å². The number of amidine groups is 1. The summed E-state index contributed by atoms with van der Waals surface area (Å²) in [5.41, 5.74) is 0. The van der Waals surface area contributed by atoms with Crippen LogP contribution in [0, 0.1) is 0 Å². The van der Waals surface area contributed by atoms with Gasteiger partial charge >= 0.3 is 0 Å². The Balaban J connectivity index is 0.000000720. The molecule has 2 heterocycles. The van der Waals surface area contributed by atoms with Crippen LogP contribution in [0.2, 0.25) is 0 Å². The normalized spacial score (nSPS) is 25.8.